The number of halogens is 1. The van der Waals surface area contributed by atoms with Crippen LogP contribution in [0.5, 0.6) is 11.5 Å². The third kappa shape index (κ3) is 4.70. The lowest BCUT2D eigenvalue weighted by molar-refractivity contribution is 0.290. The number of pyridine rings is 1. The van der Waals surface area contributed by atoms with Gasteiger partial charge in [-0.1, -0.05) is 23.4 Å². The summed E-state index contributed by atoms with van der Waals surface area (Å²) in [5.41, 5.74) is 2.42. The Hall–Kier alpha value is -3.41. The van der Waals surface area contributed by atoms with E-state index in [1.807, 2.05) is 62.0 Å². The maximum Gasteiger partial charge on any atom is 0.187 e. The maximum absolute atomic E-state index is 9.71. The van der Waals surface area contributed by atoms with Crippen molar-refractivity contribution in [2.75, 3.05) is 18.5 Å². The minimum atomic E-state index is 0.414. The standard InChI is InChI=1S/C24H22ClN5O2S/c1-4-31-19-8-7-17-21(15(13-26)14-28-22(17)23(19)32-5-2)29-16-6-9-20(18(25)12-16)33-24-27-10-11-30(24)3/h6-12,14H,4-5H2,1-3H3,(H,28,29). The molecule has 0 atom stereocenters. The Balaban J connectivity index is 1.73. The first-order chi connectivity index (χ1) is 16.0. The van der Waals surface area contributed by atoms with E-state index in [1.165, 1.54) is 18.0 Å². The Morgan fingerprint density at radius 1 is 1.15 bits per heavy atom. The van der Waals surface area contributed by atoms with Gasteiger partial charge >= 0.3 is 0 Å². The summed E-state index contributed by atoms with van der Waals surface area (Å²) in [6.07, 6.45) is 5.17. The van der Waals surface area contributed by atoms with Gasteiger partial charge in [0, 0.05) is 41.6 Å². The van der Waals surface area contributed by atoms with E-state index in [-0.39, 0.29) is 0 Å². The van der Waals surface area contributed by atoms with Crippen LogP contribution in [-0.4, -0.2) is 27.7 Å². The van der Waals surface area contributed by atoms with Gasteiger partial charge in [-0.2, -0.15) is 5.26 Å². The van der Waals surface area contributed by atoms with E-state index in [1.54, 1.807) is 6.20 Å². The van der Waals surface area contributed by atoms with Gasteiger partial charge in [0.2, 0.25) is 0 Å². The molecule has 0 aliphatic carbocycles. The van der Waals surface area contributed by atoms with Gasteiger partial charge in [0.25, 0.3) is 0 Å². The molecule has 2 heterocycles. The van der Waals surface area contributed by atoms with E-state index in [2.05, 4.69) is 21.4 Å². The number of aromatic nitrogens is 3. The normalized spacial score (nSPS) is 10.8. The monoisotopic (exact) mass is 479 g/mol. The topological polar surface area (TPSA) is 85.0 Å². The van der Waals surface area contributed by atoms with Gasteiger partial charge in [0.15, 0.2) is 16.7 Å². The average molecular weight is 480 g/mol. The van der Waals surface area contributed by atoms with Crippen LogP contribution in [0.2, 0.25) is 5.02 Å². The summed E-state index contributed by atoms with van der Waals surface area (Å²) >= 11 is 8.05. The number of ether oxygens (including phenoxy) is 2. The highest BCUT2D eigenvalue weighted by molar-refractivity contribution is 7.99. The first kappa shape index (κ1) is 22.8. The molecule has 0 fully saturated rings. The number of anilines is 2. The fraction of sp³-hybridized carbons (Fsp3) is 0.208. The number of nitrogens with zero attached hydrogens (tertiary/aromatic N) is 4. The molecule has 0 radical (unpaired) electrons. The molecule has 7 nitrogen and oxygen atoms in total. The molecule has 168 valence electrons. The van der Waals surface area contributed by atoms with Crippen LogP contribution in [0, 0.1) is 11.3 Å². The number of hydrogen-bond donors (Lipinski definition) is 1. The first-order valence-corrected chi connectivity index (χ1v) is 11.6. The lowest BCUT2D eigenvalue weighted by Gasteiger charge is -2.16. The van der Waals surface area contributed by atoms with E-state index >= 15 is 0 Å². The average Bonchev–Trinajstić information content (AvgIpc) is 3.21. The Morgan fingerprint density at radius 2 is 1.97 bits per heavy atom. The second-order valence-electron chi connectivity index (χ2n) is 7.01. The number of rotatable bonds is 8. The molecule has 0 aliphatic heterocycles. The second kappa shape index (κ2) is 10.0. The van der Waals surface area contributed by atoms with Crippen LogP contribution in [0.15, 0.2) is 59.0 Å². The zero-order valence-corrected chi connectivity index (χ0v) is 20.0. The van der Waals surface area contributed by atoms with Gasteiger partial charge in [-0.05, 0) is 44.2 Å². The van der Waals surface area contributed by atoms with E-state index in [0.29, 0.717) is 46.5 Å². The minimum Gasteiger partial charge on any atom is -0.490 e. The van der Waals surface area contributed by atoms with Crippen molar-refractivity contribution in [3.05, 3.63) is 59.5 Å². The Kier molecular flexibility index (Phi) is 6.92. The number of hydrogen-bond acceptors (Lipinski definition) is 7. The molecule has 0 amide bonds. The lowest BCUT2D eigenvalue weighted by atomic mass is 10.1. The van der Waals surface area contributed by atoms with E-state index in [9.17, 15) is 5.26 Å². The van der Waals surface area contributed by atoms with Gasteiger partial charge in [0.1, 0.15) is 11.6 Å². The maximum atomic E-state index is 9.71. The quantitative estimate of drug-likeness (QED) is 0.322. The van der Waals surface area contributed by atoms with Crippen molar-refractivity contribution in [2.24, 2.45) is 7.05 Å². The molecule has 2 aromatic carbocycles. The van der Waals surface area contributed by atoms with E-state index < -0.39 is 0 Å². The van der Waals surface area contributed by atoms with Crippen LogP contribution >= 0.6 is 23.4 Å². The predicted octanol–water partition coefficient (Wildman–Crippen LogP) is 6.19. The molecule has 33 heavy (non-hydrogen) atoms. The summed E-state index contributed by atoms with van der Waals surface area (Å²) in [4.78, 5) is 9.71. The van der Waals surface area contributed by atoms with Crippen molar-refractivity contribution in [3.63, 3.8) is 0 Å². The Bertz CT molecular complexity index is 1350. The SMILES string of the molecule is CCOc1ccc2c(Nc3ccc(Sc4nccn4C)c(Cl)c3)c(C#N)cnc2c1OCC. The molecule has 2 aromatic heterocycles. The molecule has 9 heteroatoms. The van der Waals surface area contributed by atoms with Crippen LogP contribution in [0.3, 0.4) is 0 Å². The van der Waals surface area contributed by atoms with Gasteiger partial charge in [-0.3, -0.25) is 4.98 Å². The number of nitrogens with one attached hydrogen (secondary N) is 1. The smallest absolute Gasteiger partial charge is 0.187 e. The molecule has 4 aromatic rings. The summed E-state index contributed by atoms with van der Waals surface area (Å²) in [5, 5.41) is 15.2. The number of nitriles is 1. The highest BCUT2D eigenvalue weighted by Gasteiger charge is 2.17. The van der Waals surface area contributed by atoms with Crippen LogP contribution < -0.4 is 14.8 Å². The van der Waals surface area contributed by atoms with E-state index in [0.717, 1.165) is 21.1 Å². The molecule has 0 saturated carbocycles. The Morgan fingerprint density at radius 3 is 2.64 bits per heavy atom. The number of fused-ring (bicyclic) bond motifs is 1. The van der Waals surface area contributed by atoms with Crippen molar-refractivity contribution >= 4 is 45.6 Å². The van der Waals surface area contributed by atoms with Crippen molar-refractivity contribution in [2.45, 2.75) is 23.9 Å². The van der Waals surface area contributed by atoms with Crippen LogP contribution in [0.4, 0.5) is 11.4 Å². The van der Waals surface area contributed by atoms with Gasteiger partial charge in [-0.25, -0.2) is 4.98 Å². The molecule has 0 spiro atoms. The van der Waals surface area contributed by atoms with Gasteiger partial charge in [-0.15, -0.1) is 0 Å². The summed E-state index contributed by atoms with van der Waals surface area (Å²) in [6, 6.07) is 11.6. The Labute approximate surface area is 201 Å². The van der Waals surface area contributed by atoms with Crippen LogP contribution in [0.1, 0.15) is 19.4 Å². The minimum absolute atomic E-state index is 0.414. The summed E-state index contributed by atoms with van der Waals surface area (Å²) in [7, 11) is 1.94. The summed E-state index contributed by atoms with van der Waals surface area (Å²) in [6.45, 7) is 4.80. The summed E-state index contributed by atoms with van der Waals surface area (Å²) < 4.78 is 13.5. The second-order valence-corrected chi connectivity index (χ2v) is 8.42. The number of aryl methyl sites for hydroxylation is 1. The largest absolute Gasteiger partial charge is 0.490 e. The number of imidazole rings is 1. The van der Waals surface area contributed by atoms with E-state index in [4.69, 9.17) is 21.1 Å². The summed E-state index contributed by atoms with van der Waals surface area (Å²) in [5.74, 6) is 1.18. The van der Waals surface area contributed by atoms with Crippen LogP contribution in [0.25, 0.3) is 10.9 Å². The molecule has 4 rings (SSSR count). The zero-order chi connectivity index (χ0) is 23.4. The van der Waals surface area contributed by atoms with Gasteiger partial charge in [0.05, 0.1) is 29.5 Å². The molecule has 0 saturated heterocycles. The molecule has 0 unspecified atom stereocenters. The third-order valence-electron chi connectivity index (χ3n) is 4.85. The fourth-order valence-electron chi connectivity index (χ4n) is 3.35. The fourth-order valence-corrected chi connectivity index (χ4v) is 4.45. The first-order valence-electron chi connectivity index (χ1n) is 10.4. The molecular weight excluding hydrogens is 458 g/mol. The van der Waals surface area contributed by atoms with Crippen molar-refractivity contribution in [1.82, 2.24) is 14.5 Å². The van der Waals surface area contributed by atoms with Crippen molar-refractivity contribution in [3.8, 4) is 17.6 Å². The number of benzene rings is 2. The van der Waals surface area contributed by atoms with Crippen molar-refractivity contribution in [1.29, 1.82) is 5.26 Å². The molecular formula is C24H22ClN5O2S. The lowest BCUT2D eigenvalue weighted by Crippen LogP contribution is -2.02. The zero-order valence-electron chi connectivity index (χ0n) is 18.4. The molecule has 1 N–H and O–H groups in total. The highest BCUT2D eigenvalue weighted by atomic mass is 35.5. The molecule has 0 aliphatic rings. The van der Waals surface area contributed by atoms with Crippen LogP contribution in [-0.2, 0) is 7.05 Å². The highest BCUT2D eigenvalue weighted by Crippen LogP contribution is 2.40. The molecule has 0 bridgehead atoms. The predicted molar refractivity (Wildman–Crippen MR) is 131 cm³/mol. The third-order valence-corrected chi connectivity index (χ3v) is 6.42. The van der Waals surface area contributed by atoms with Crippen molar-refractivity contribution < 1.29 is 9.47 Å². The van der Waals surface area contributed by atoms with Gasteiger partial charge < -0.3 is 19.4 Å².